The average molecular weight is 411 g/mol. The second kappa shape index (κ2) is 7.73. The lowest BCUT2D eigenvalue weighted by atomic mass is 9.97. The number of hydrogen-bond acceptors (Lipinski definition) is 7. The number of carbonyl (C=O) groups excluding carboxylic acids is 1. The van der Waals surface area contributed by atoms with Crippen LogP contribution in [-0.2, 0) is 21.3 Å². The third-order valence-corrected chi connectivity index (χ3v) is 5.34. The molecule has 1 N–H and O–H groups in total. The van der Waals surface area contributed by atoms with E-state index >= 15 is 0 Å². The Morgan fingerprint density at radius 2 is 1.76 bits per heavy atom. The largest absolute Gasteiger partial charge is 0.744 e. The summed E-state index contributed by atoms with van der Waals surface area (Å²) < 4.78 is 34.5. The molecule has 7 nitrogen and oxygen atoms in total. The molecule has 0 aliphatic heterocycles. The van der Waals surface area contributed by atoms with Gasteiger partial charge >= 0.3 is 0 Å². The van der Waals surface area contributed by atoms with Gasteiger partial charge in [-0.15, -0.1) is 5.11 Å². The van der Waals surface area contributed by atoms with Crippen LogP contribution in [0, 0.1) is 13.8 Å². The van der Waals surface area contributed by atoms with Crippen molar-refractivity contribution in [2.45, 2.75) is 32.1 Å². The fraction of sp³-hybridized carbons (Fsp3) is 0.190. The van der Waals surface area contributed by atoms with Crippen LogP contribution in [0.4, 0.5) is 11.4 Å². The summed E-state index contributed by atoms with van der Waals surface area (Å²) in [6, 6.07) is 11.3. The van der Waals surface area contributed by atoms with Crippen molar-refractivity contribution < 1.29 is 22.9 Å². The SMILES string of the molecule is CC(=O)Cc1cc(S(=O)(=O)[O-])cc2cc(C)c(N=Nc3ccccc3C)c(O)c12. The highest BCUT2D eigenvalue weighted by atomic mass is 32.2. The van der Waals surface area contributed by atoms with Crippen molar-refractivity contribution in [3.8, 4) is 5.75 Å². The highest BCUT2D eigenvalue weighted by Gasteiger charge is 2.17. The van der Waals surface area contributed by atoms with Crippen LogP contribution in [0.5, 0.6) is 5.75 Å². The van der Waals surface area contributed by atoms with Gasteiger partial charge in [-0.05, 0) is 67.1 Å². The number of aryl methyl sites for hydroxylation is 2. The summed E-state index contributed by atoms with van der Waals surface area (Å²) in [7, 11) is -4.72. The van der Waals surface area contributed by atoms with Gasteiger partial charge in [-0.25, -0.2) is 8.42 Å². The third-order valence-electron chi connectivity index (χ3n) is 4.53. The highest BCUT2D eigenvalue weighted by molar-refractivity contribution is 7.85. The number of phenols is 1. The quantitative estimate of drug-likeness (QED) is 0.485. The zero-order valence-electron chi connectivity index (χ0n) is 16.1. The monoisotopic (exact) mass is 411 g/mol. The van der Waals surface area contributed by atoms with Gasteiger partial charge < -0.3 is 9.66 Å². The number of Topliss-reactive ketones (excluding diaryl/α,β-unsaturated/α-hetero) is 1. The molecule has 3 rings (SSSR count). The maximum atomic E-state index is 11.7. The summed E-state index contributed by atoms with van der Waals surface area (Å²) in [6.07, 6.45) is -0.134. The smallest absolute Gasteiger partial charge is 0.151 e. The van der Waals surface area contributed by atoms with Crippen LogP contribution < -0.4 is 0 Å². The molecule has 8 heteroatoms. The van der Waals surface area contributed by atoms with Crippen LogP contribution in [0.2, 0.25) is 0 Å². The molecule has 0 atom stereocenters. The Labute approximate surface area is 168 Å². The van der Waals surface area contributed by atoms with Crippen LogP contribution in [0.15, 0.2) is 57.6 Å². The number of benzene rings is 3. The summed E-state index contributed by atoms with van der Waals surface area (Å²) in [4.78, 5) is 11.2. The number of nitrogens with zero attached hydrogens (tertiary/aromatic N) is 2. The second-order valence-electron chi connectivity index (χ2n) is 6.89. The Hall–Kier alpha value is -3.10. The Balaban J connectivity index is 2.26. The highest BCUT2D eigenvalue weighted by Crippen LogP contribution is 2.41. The van der Waals surface area contributed by atoms with Crippen molar-refractivity contribution >= 4 is 38.0 Å². The molecule has 0 aliphatic carbocycles. The van der Waals surface area contributed by atoms with Gasteiger partial charge in [0, 0.05) is 11.8 Å². The van der Waals surface area contributed by atoms with Crippen molar-refractivity contribution in [2.24, 2.45) is 10.2 Å². The van der Waals surface area contributed by atoms with E-state index in [1.807, 2.05) is 25.1 Å². The van der Waals surface area contributed by atoms with Gasteiger partial charge in [0.1, 0.15) is 21.6 Å². The van der Waals surface area contributed by atoms with E-state index in [0.717, 1.165) is 11.6 Å². The molecular weight excluding hydrogens is 392 g/mol. The van der Waals surface area contributed by atoms with E-state index in [-0.39, 0.29) is 34.6 Å². The minimum Gasteiger partial charge on any atom is -0.744 e. The number of fused-ring (bicyclic) bond motifs is 1. The zero-order valence-corrected chi connectivity index (χ0v) is 16.9. The Kier molecular flexibility index (Phi) is 5.50. The van der Waals surface area contributed by atoms with E-state index in [1.165, 1.54) is 13.0 Å². The van der Waals surface area contributed by atoms with Crippen LogP contribution in [0.1, 0.15) is 23.6 Å². The average Bonchev–Trinajstić information content (AvgIpc) is 2.61. The molecule has 3 aromatic carbocycles. The molecule has 0 aromatic heterocycles. The minimum atomic E-state index is -4.72. The first-order chi connectivity index (χ1) is 13.6. The summed E-state index contributed by atoms with van der Waals surface area (Å²) >= 11 is 0. The van der Waals surface area contributed by atoms with E-state index in [1.54, 1.807) is 19.1 Å². The number of carbonyl (C=O) groups is 1. The van der Waals surface area contributed by atoms with Crippen LogP contribution in [0.3, 0.4) is 0 Å². The molecule has 0 bridgehead atoms. The fourth-order valence-electron chi connectivity index (χ4n) is 3.16. The van der Waals surface area contributed by atoms with Gasteiger partial charge in [-0.3, -0.25) is 4.79 Å². The van der Waals surface area contributed by atoms with Crippen molar-refractivity contribution in [3.05, 3.63) is 59.2 Å². The maximum absolute atomic E-state index is 11.7. The zero-order chi connectivity index (χ0) is 21.3. The molecule has 0 saturated carbocycles. The molecule has 0 spiro atoms. The van der Waals surface area contributed by atoms with Crippen molar-refractivity contribution in [1.82, 2.24) is 0 Å². The summed E-state index contributed by atoms with van der Waals surface area (Å²) in [5, 5.41) is 19.9. The van der Waals surface area contributed by atoms with Crippen LogP contribution in [-0.4, -0.2) is 23.9 Å². The minimum absolute atomic E-state index is 0.134. The standard InChI is InChI=1S/C21H20N2O5S/c1-12-6-4-5-7-18(12)22-23-20-13(2)8-15-10-17(29(26,27)28)11-16(9-14(3)24)19(15)21(20)25/h4-8,10-11,25H,9H2,1-3H3,(H,26,27,28)/p-1. The third kappa shape index (κ3) is 4.33. The van der Waals surface area contributed by atoms with Crippen molar-refractivity contribution in [1.29, 1.82) is 0 Å². The van der Waals surface area contributed by atoms with Gasteiger partial charge in [0.2, 0.25) is 0 Å². The first-order valence-electron chi connectivity index (χ1n) is 8.80. The van der Waals surface area contributed by atoms with Crippen molar-refractivity contribution in [3.63, 3.8) is 0 Å². The lowest BCUT2D eigenvalue weighted by molar-refractivity contribution is -0.116. The number of aromatic hydroxyl groups is 1. The summed E-state index contributed by atoms with van der Waals surface area (Å²) in [6.45, 7) is 4.92. The number of rotatable bonds is 5. The van der Waals surface area contributed by atoms with E-state index in [4.69, 9.17) is 0 Å². The lowest BCUT2D eigenvalue weighted by Gasteiger charge is -2.15. The fourth-order valence-corrected chi connectivity index (χ4v) is 3.72. The molecule has 0 amide bonds. The topological polar surface area (TPSA) is 119 Å². The van der Waals surface area contributed by atoms with E-state index in [9.17, 15) is 22.9 Å². The predicted octanol–water partition coefficient (Wildman–Crippen LogP) is 4.61. The van der Waals surface area contributed by atoms with Gasteiger partial charge in [-0.1, -0.05) is 18.2 Å². The molecule has 0 aliphatic rings. The summed E-state index contributed by atoms with van der Waals surface area (Å²) in [5.41, 5.74) is 2.55. The molecule has 0 saturated heterocycles. The Bertz CT molecular complexity index is 1260. The van der Waals surface area contributed by atoms with Gasteiger partial charge in [-0.2, -0.15) is 5.11 Å². The molecule has 3 aromatic rings. The molecule has 0 fully saturated rings. The second-order valence-corrected chi connectivity index (χ2v) is 8.27. The van der Waals surface area contributed by atoms with Crippen LogP contribution >= 0.6 is 0 Å². The normalized spacial score (nSPS) is 12.0. The van der Waals surface area contributed by atoms with Gasteiger partial charge in [0.05, 0.1) is 10.6 Å². The maximum Gasteiger partial charge on any atom is 0.151 e. The summed E-state index contributed by atoms with van der Waals surface area (Å²) in [5.74, 6) is -0.460. The molecule has 150 valence electrons. The molecular formula is C21H19N2O5S-. The van der Waals surface area contributed by atoms with E-state index in [2.05, 4.69) is 10.2 Å². The molecule has 0 radical (unpaired) electrons. The number of ketones is 1. The van der Waals surface area contributed by atoms with Crippen molar-refractivity contribution in [2.75, 3.05) is 0 Å². The Morgan fingerprint density at radius 3 is 2.38 bits per heavy atom. The number of azo groups is 1. The molecule has 0 heterocycles. The lowest BCUT2D eigenvalue weighted by Crippen LogP contribution is -2.03. The number of hydrogen-bond donors (Lipinski definition) is 1. The Morgan fingerprint density at radius 1 is 1.07 bits per heavy atom. The van der Waals surface area contributed by atoms with Gasteiger partial charge in [0.25, 0.3) is 0 Å². The van der Waals surface area contributed by atoms with E-state index < -0.39 is 15.0 Å². The predicted molar refractivity (Wildman–Crippen MR) is 108 cm³/mol. The van der Waals surface area contributed by atoms with E-state index in [0.29, 0.717) is 16.6 Å². The van der Waals surface area contributed by atoms with Crippen LogP contribution in [0.25, 0.3) is 10.8 Å². The molecule has 0 unspecified atom stereocenters. The first kappa shape index (κ1) is 20.6. The first-order valence-corrected chi connectivity index (χ1v) is 10.2. The molecule has 29 heavy (non-hydrogen) atoms. The van der Waals surface area contributed by atoms with Gasteiger partial charge in [0.15, 0.2) is 5.75 Å². The number of phenolic OH excluding ortho intramolecular Hbond substituents is 1.